The molecule has 1 heterocycles. The van der Waals surface area contributed by atoms with E-state index in [9.17, 15) is 18.4 Å². The van der Waals surface area contributed by atoms with E-state index in [1.807, 2.05) is 0 Å². The molecule has 0 aliphatic carbocycles. The van der Waals surface area contributed by atoms with Crippen molar-refractivity contribution in [2.45, 2.75) is 12.8 Å². The first-order valence-corrected chi connectivity index (χ1v) is 8.15. The third-order valence-corrected chi connectivity index (χ3v) is 4.30. The number of hydrogen-bond donors (Lipinski definition) is 1. The van der Waals surface area contributed by atoms with Crippen LogP contribution in [0.25, 0.3) is 0 Å². The third kappa shape index (κ3) is 4.02. The Labute approximate surface area is 144 Å². The van der Waals surface area contributed by atoms with Crippen molar-refractivity contribution >= 4 is 17.5 Å². The van der Waals surface area contributed by atoms with E-state index >= 15 is 0 Å². The first kappa shape index (κ1) is 17.1. The molecule has 2 aromatic carbocycles. The molecule has 1 aliphatic rings. The predicted octanol–water partition coefficient (Wildman–Crippen LogP) is 3.46. The van der Waals surface area contributed by atoms with Crippen molar-refractivity contribution in [2.24, 2.45) is 5.92 Å². The molecule has 2 aromatic rings. The summed E-state index contributed by atoms with van der Waals surface area (Å²) < 4.78 is 26.7. The van der Waals surface area contributed by atoms with Crippen LogP contribution in [0.2, 0.25) is 0 Å². The van der Waals surface area contributed by atoms with Gasteiger partial charge in [0.1, 0.15) is 11.6 Å². The van der Waals surface area contributed by atoms with Crippen molar-refractivity contribution in [2.75, 3.05) is 18.4 Å². The molecule has 2 amide bonds. The Kier molecular flexibility index (Phi) is 5.07. The minimum absolute atomic E-state index is 0.134. The average molecular weight is 344 g/mol. The van der Waals surface area contributed by atoms with Gasteiger partial charge in [-0.05, 0) is 49.2 Å². The Morgan fingerprint density at radius 3 is 2.48 bits per heavy atom. The van der Waals surface area contributed by atoms with E-state index in [2.05, 4.69) is 5.32 Å². The highest BCUT2D eigenvalue weighted by Crippen LogP contribution is 2.21. The fourth-order valence-electron chi connectivity index (χ4n) is 2.95. The maximum Gasteiger partial charge on any atom is 0.253 e. The quantitative estimate of drug-likeness (QED) is 0.927. The molecule has 1 saturated heterocycles. The number of benzene rings is 2. The van der Waals surface area contributed by atoms with Crippen molar-refractivity contribution in [3.05, 3.63) is 65.7 Å². The van der Waals surface area contributed by atoms with Crippen LogP contribution in [-0.2, 0) is 4.79 Å². The maximum absolute atomic E-state index is 13.7. The van der Waals surface area contributed by atoms with Crippen LogP contribution in [0.5, 0.6) is 0 Å². The van der Waals surface area contributed by atoms with E-state index < -0.39 is 17.6 Å². The second-order valence-electron chi connectivity index (χ2n) is 6.07. The van der Waals surface area contributed by atoms with Crippen LogP contribution in [0.15, 0.2) is 48.5 Å². The zero-order chi connectivity index (χ0) is 17.8. The number of nitrogens with zero attached hydrogens (tertiary/aromatic N) is 1. The summed E-state index contributed by atoms with van der Waals surface area (Å²) in [7, 11) is 0. The lowest BCUT2D eigenvalue weighted by molar-refractivity contribution is -0.121. The maximum atomic E-state index is 13.7. The summed E-state index contributed by atoms with van der Waals surface area (Å²) in [6.45, 7) is 0.802. The van der Waals surface area contributed by atoms with Gasteiger partial charge in [0, 0.05) is 18.7 Å². The lowest BCUT2D eigenvalue weighted by atomic mass is 9.96. The van der Waals surface area contributed by atoms with Crippen molar-refractivity contribution in [3.63, 3.8) is 0 Å². The average Bonchev–Trinajstić information content (AvgIpc) is 2.64. The number of carbonyl (C=O) groups excluding carboxylic acids is 2. The molecule has 0 saturated carbocycles. The monoisotopic (exact) mass is 344 g/mol. The highest BCUT2D eigenvalue weighted by atomic mass is 19.1. The molecule has 25 heavy (non-hydrogen) atoms. The van der Waals surface area contributed by atoms with Gasteiger partial charge in [0.2, 0.25) is 5.91 Å². The van der Waals surface area contributed by atoms with Crippen LogP contribution in [0, 0.1) is 17.6 Å². The standard InChI is InChI=1S/C19H18F2N2O2/c20-15-9-7-13(8-10-15)19(25)23-11-3-4-14(12-23)18(24)22-17-6-2-1-5-16(17)21/h1-2,5-10,14H,3-4,11-12H2,(H,22,24)/t14-/m1/s1. The number of halogens is 2. The number of rotatable bonds is 3. The van der Waals surface area contributed by atoms with Gasteiger partial charge in [-0.25, -0.2) is 8.78 Å². The van der Waals surface area contributed by atoms with Gasteiger partial charge in [-0.2, -0.15) is 0 Å². The first-order valence-electron chi connectivity index (χ1n) is 8.15. The third-order valence-electron chi connectivity index (χ3n) is 4.30. The summed E-state index contributed by atoms with van der Waals surface area (Å²) >= 11 is 0. The molecular formula is C19H18F2N2O2. The summed E-state index contributed by atoms with van der Waals surface area (Å²) in [4.78, 5) is 26.5. The van der Waals surface area contributed by atoms with Gasteiger partial charge in [0.15, 0.2) is 0 Å². The molecule has 0 unspecified atom stereocenters. The molecule has 0 radical (unpaired) electrons. The molecule has 0 bridgehead atoms. The Bertz CT molecular complexity index is 777. The topological polar surface area (TPSA) is 49.4 Å². The van der Waals surface area contributed by atoms with Gasteiger partial charge in [0.25, 0.3) is 5.91 Å². The normalized spacial score (nSPS) is 17.2. The van der Waals surface area contributed by atoms with E-state index in [4.69, 9.17) is 0 Å². The molecule has 130 valence electrons. The van der Waals surface area contributed by atoms with Gasteiger partial charge in [-0.3, -0.25) is 9.59 Å². The van der Waals surface area contributed by atoms with E-state index in [0.29, 0.717) is 24.9 Å². The Hall–Kier alpha value is -2.76. The molecule has 4 nitrogen and oxygen atoms in total. The lowest BCUT2D eigenvalue weighted by Gasteiger charge is -2.32. The highest BCUT2D eigenvalue weighted by Gasteiger charge is 2.29. The number of anilines is 1. The van der Waals surface area contributed by atoms with Crippen LogP contribution >= 0.6 is 0 Å². The lowest BCUT2D eigenvalue weighted by Crippen LogP contribution is -2.43. The zero-order valence-electron chi connectivity index (χ0n) is 13.5. The van der Waals surface area contributed by atoms with Crippen molar-refractivity contribution in [1.29, 1.82) is 0 Å². The summed E-state index contributed by atoms with van der Waals surface area (Å²) in [6, 6.07) is 11.3. The number of nitrogens with one attached hydrogen (secondary N) is 1. The zero-order valence-corrected chi connectivity index (χ0v) is 13.5. The fraction of sp³-hybridized carbons (Fsp3) is 0.263. The number of hydrogen-bond acceptors (Lipinski definition) is 2. The van der Waals surface area contributed by atoms with Crippen molar-refractivity contribution < 1.29 is 18.4 Å². The molecule has 1 N–H and O–H groups in total. The molecule has 3 rings (SSSR count). The first-order chi connectivity index (χ1) is 12.0. The van der Waals surface area contributed by atoms with Gasteiger partial charge in [-0.1, -0.05) is 12.1 Å². The number of carbonyl (C=O) groups is 2. The van der Waals surface area contributed by atoms with Crippen LogP contribution in [0.1, 0.15) is 23.2 Å². The largest absolute Gasteiger partial charge is 0.338 e. The van der Waals surface area contributed by atoms with Crippen molar-refractivity contribution in [1.82, 2.24) is 4.90 Å². The molecule has 0 aromatic heterocycles. The molecule has 6 heteroatoms. The Balaban J connectivity index is 1.66. The van der Waals surface area contributed by atoms with Gasteiger partial charge < -0.3 is 10.2 Å². The number of para-hydroxylation sites is 1. The minimum atomic E-state index is -0.495. The van der Waals surface area contributed by atoms with E-state index in [-0.39, 0.29) is 24.0 Å². The van der Waals surface area contributed by atoms with Crippen molar-refractivity contribution in [3.8, 4) is 0 Å². The smallest absolute Gasteiger partial charge is 0.253 e. The van der Waals surface area contributed by atoms with Gasteiger partial charge >= 0.3 is 0 Å². The Morgan fingerprint density at radius 1 is 1.04 bits per heavy atom. The second-order valence-corrected chi connectivity index (χ2v) is 6.07. The van der Waals surface area contributed by atoms with Crippen LogP contribution in [-0.4, -0.2) is 29.8 Å². The molecular weight excluding hydrogens is 326 g/mol. The minimum Gasteiger partial charge on any atom is -0.338 e. The number of amides is 2. The van der Waals surface area contributed by atoms with E-state index in [0.717, 1.165) is 0 Å². The summed E-state index contributed by atoms with van der Waals surface area (Å²) in [5, 5.41) is 2.59. The molecule has 1 fully saturated rings. The molecule has 1 aliphatic heterocycles. The number of piperidine rings is 1. The second kappa shape index (κ2) is 7.42. The number of likely N-dealkylation sites (tertiary alicyclic amines) is 1. The highest BCUT2D eigenvalue weighted by molar-refractivity contribution is 5.96. The van der Waals surface area contributed by atoms with E-state index in [1.165, 1.54) is 36.4 Å². The predicted molar refractivity (Wildman–Crippen MR) is 90.1 cm³/mol. The summed E-state index contributed by atoms with van der Waals surface area (Å²) in [5.74, 6) is -1.84. The molecule has 0 spiro atoms. The Morgan fingerprint density at radius 2 is 1.76 bits per heavy atom. The van der Waals surface area contributed by atoms with Crippen LogP contribution in [0.4, 0.5) is 14.5 Å². The molecule has 1 atom stereocenters. The van der Waals surface area contributed by atoms with Crippen LogP contribution < -0.4 is 5.32 Å². The fourth-order valence-corrected chi connectivity index (χ4v) is 2.95. The summed E-state index contributed by atoms with van der Waals surface area (Å²) in [6.07, 6.45) is 1.32. The summed E-state index contributed by atoms with van der Waals surface area (Å²) in [5.41, 5.74) is 0.519. The van der Waals surface area contributed by atoms with E-state index in [1.54, 1.807) is 17.0 Å². The SMILES string of the molecule is O=C(Nc1ccccc1F)[C@@H]1CCCN(C(=O)c2ccc(F)cc2)C1. The van der Waals surface area contributed by atoms with Gasteiger partial charge in [0.05, 0.1) is 11.6 Å². The van der Waals surface area contributed by atoms with Gasteiger partial charge in [-0.15, -0.1) is 0 Å². The van der Waals surface area contributed by atoms with Crippen LogP contribution in [0.3, 0.4) is 0 Å².